The molecule has 2 N–H and O–H groups in total. The highest BCUT2D eigenvalue weighted by Gasteiger charge is 2.33. The Morgan fingerprint density at radius 2 is 2.03 bits per heavy atom. The first-order valence-electron chi connectivity index (χ1n) is 9.87. The molecule has 2 aromatic rings. The Hall–Kier alpha value is -2.31. The van der Waals surface area contributed by atoms with E-state index in [0.717, 1.165) is 5.82 Å². The zero-order chi connectivity index (χ0) is 22.4. The minimum absolute atomic E-state index is 0.0530. The number of methoxy groups -OCH3 is 2. The number of piperidine rings is 1. The summed E-state index contributed by atoms with van der Waals surface area (Å²) in [6.07, 6.45) is 0.926. The van der Waals surface area contributed by atoms with Crippen molar-refractivity contribution < 1.29 is 22.7 Å². The molecular formula is C19H27N5O5S2. The number of thioether (sulfide) groups is 1. The van der Waals surface area contributed by atoms with Crippen LogP contribution in [0.2, 0.25) is 0 Å². The highest BCUT2D eigenvalue weighted by atomic mass is 32.2. The molecule has 10 nitrogen and oxygen atoms in total. The van der Waals surface area contributed by atoms with Crippen LogP contribution < -0.4 is 14.8 Å². The van der Waals surface area contributed by atoms with Crippen molar-refractivity contribution in [2.75, 3.05) is 39.6 Å². The van der Waals surface area contributed by atoms with Gasteiger partial charge < -0.3 is 14.8 Å². The van der Waals surface area contributed by atoms with Gasteiger partial charge in [0, 0.05) is 37.4 Å². The zero-order valence-corrected chi connectivity index (χ0v) is 19.4. The third kappa shape index (κ3) is 5.69. The summed E-state index contributed by atoms with van der Waals surface area (Å²) >= 11 is 1.46. The first-order chi connectivity index (χ1) is 14.8. The summed E-state index contributed by atoms with van der Waals surface area (Å²) in [5.74, 6) is 1.84. The summed E-state index contributed by atoms with van der Waals surface area (Å²) in [7, 11) is -0.851. The lowest BCUT2D eigenvalue weighted by atomic mass is 9.97. The SMILES string of the molecule is COc1ccc(OC)c(S(=O)(=O)N2CCC(C(=O)NCCSc3n[nH]c(C)n3)CC2)c1. The number of H-pyrrole nitrogens is 1. The Morgan fingerprint density at radius 3 is 2.65 bits per heavy atom. The number of ether oxygens (including phenoxy) is 2. The predicted octanol–water partition coefficient (Wildman–Crippen LogP) is 1.44. The van der Waals surface area contributed by atoms with E-state index in [-0.39, 0.29) is 35.6 Å². The van der Waals surface area contributed by atoms with Crippen molar-refractivity contribution in [1.82, 2.24) is 24.8 Å². The standard InChI is InChI=1S/C19H27N5O5S2/c1-13-21-19(23-22-13)30-11-8-20-18(25)14-6-9-24(10-7-14)31(26,27)17-12-15(28-2)4-5-16(17)29-3/h4-5,12,14H,6-11H2,1-3H3,(H,20,25)(H,21,22,23). The molecule has 170 valence electrons. The van der Waals surface area contributed by atoms with Crippen molar-refractivity contribution in [3.05, 3.63) is 24.0 Å². The third-order valence-electron chi connectivity index (χ3n) is 5.02. The number of carbonyl (C=O) groups excluding carboxylic acids is 1. The van der Waals surface area contributed by atoms with Gasteiger partial charge in [-0.05, 0) is 31.9 Å². The molecule has 31 heavy (non-hydrogen) atoms. The van der Waals surface area contributed by atoms with Gasteiger partial charge in [0.1, 0.15) is 22.2 Å². The smallest absolute Gasteiger partial charge is 0.246 e. The zero-order valence-electron chi connectivity index (χ0n) is 17.8. The number of benzene rings is 1. The van der Waals surface area contributed by atoms with Crippen LogP contribution in [-0.2, 0) is 14.8 Å². The molecule has 2 heterocycles. The molecular weight excluding hydrogens is 442 g/mol. The van der Waals surface area contributed by atoms with Gasteiger partial charge in [0.25, 0.3) is 0 Å². The van der Waals surface area contributed by atoms with E-state index < -0.39 is 10.0 Å². The first kappa shape index (κ1) is 23.4. The highest BCUT2D eigenvalue weighted by Crippen LogP contribution is 2.32. The fourth-order valence-corrected chi connectivity index (χ4v) is 5.67. The van der Waals surface area contributed by atoms with Gasteiger partial charge >= 0.3 is 0 Å². The first-order valence-corrected chi connectivity index (χ1v) is 12.3. The Morgan fingerprint density at radius 1 is 1.29 bits per heavy atom. The number of nitrogens with zero attached hydrogens (tertiary/aromatic N) is 3. The average molecular weight is 470 g/mol. The van der Waals surface area contributed by atoms with Crippen molar-refractivity contribution in [3.63, 3.8) is 0 Å². The Kier molecular flexibility index (Phi) is 7.79. The lowest BCUT2D eigenvalue weighted by Gasteiger charge is -2.31. The fourth-order valence-electron chi connectivity index (χ4n) is 3.33. The Bertz CT molecular complexity index is 1000. The van der Waals surface area contributed by atoms with Crippen LogP contribution >= 0.6 is 11.8 Å². The van der Waals surface area contributed by atoms with Gasteiger partial charge in [-0.2, -0.15) is 4.31 Å². The largest absolute Gasteiger partial charge is 0.497 e. The molecule has 1 aromatic carbocycles. The molecule has 0 aliphatic carbocycles. The molecule has 0 saturated carbocycles. The van der Waals surface area contributed by atoms with Gasteiger partial charge in [-0.25, -0.2) is 13.4 Å². The number of sulfonamides is 1. The van der Waals surface area contributed by atoms with E-state index in [9.17, 15) is 13.2 Å². The molecule has 1 saturated heterocycles. The van der Waals surface area contributed by atoms with Crippen molar-refractivity contribution in [3.8, 4) is 11.5 Å². The third-order valence-corrected chi connectivity index (χ3v) is 7.79. The van der Waals surface area contributed by atoms with Crippen LogP contribution in [0.1, 0.15) is 18.7 Å². The molecule has 1 aliphatic heterocycles. The lowest BCUT2D eigenvalue weighted by Crippen LogP contribution is -2.43. The molecule has 0 atom stereocenters. The summed E-state index contributed by atoms with van der Waals surface area (Å²) < 4.78 is 38.1. The van der Waals surface area contributed by atoms with Crippen molar-refractivity contribution in [2.45, 2.75) is 29.8 Å². The fraction of sp³-hybridized carbons (Fsp3) is 0.526. The Balaban J connectivity index is 1.52. The van der Waals surface area contributed by atoms with E-state index in [1.165, 1.54) is 36.4 Å². The number of amides is 1. The summed E-state index contributed by atoms with van der Waals surface area (Å²) in [5, 5.41) is 10.4. The van der Waals surface area contributed by atoms with Gasteiger partial charge in [-0.15, -0.1) is 5.10 Å². The van der Waals surface area contributed by atoms with Crippen molar-refractivity contribution >= 4 is 27.7 Å². The maximum atomic E-state index is 13.1. The molecule has 0 radical (unpaired) electrons. The second kappa shape index (κ2) is 10.3. The average Bonchev–Trinajstić information content (AvgIpc) is 3.21. The van der Waals surface area contributed by atoms with E-state index in [4.69, 9.17) is 9.47 Å². The number of nitrogens with one attached hydrogen (secondary N) is 2. The van der Waals surface area contributed by atoms with Crippen LogP contribution in [0.15, 0.2) is 28.3 Å². The van der Waals surface area contributed by atoms with Crippen LogP contribution in [0.5, 0.6) is 11.5 Å². The van der Waals surface area contributed by atoms with Gasteiger partial charge in [-0.1, -0.05) is 11.8 Å². The molecule has 1 amide bonds. The molecule has 3 rings (SSSR count). The summed E-state index contributed by atoms with van der Waals surface area (Å²) in [4.78, 5) is 16.7. The normalized spacial score (nSPS) is 15.6. The van der Waals surface area contributed by atoms with E-state index in [1.807, 2.05) is 6.92 Å². The minimum atomic E-state index is -3.76. The van der Waals surface area contributed by atoms with E-state index in [2.05, 4.69) is 20.5 Å². The van der Waals surface area contributed by atoms with Crippen LogP contribution in [0.3, 0.4) is 0 Å². The van der Waals surface area contributed by atoms with Gasteiger partial charge in [0.15, 0.2) is 0 Å². The molecule has 0 unspecified atom stereocenters. The van der Waals surface area contributed by atoms with E-state index >= 15 is 0 Å². The molecule has 0 bridgehead atoms. The highest BCUT2D eigenvalue weighted by molar-refractivity contribution is 7.99. The predicted molar refractivity (Wildman–Crippen MR) is 116 cm³/mol. The maximum absolute atomic E-state index is 13.1. The molecule has 1 aromatic heterocycles. The van der Waals surface area contributed by atoms with Crippen LogP contribution in [0.25, 0.3) is 0 Å². The minimum Gasteiger partial charge on any atom is -0.497 e. The topological polar surface area (TPSA) is 127 Å². The summed E-state index contributed by atoms with van der Waals surface area (Å²) in [6.45, 7) is 2.87. The van der Waals surface area contributed by atoms with Crippen LogP contribution in [0.4, 0.5) is 0 Å². The second-order valence-electron chi connectivity index (χ2n) is 7.04. The number of hydrogen-bond acceptors (Lipinski definition) is 8. The molecule has 12 heteroatoms. The number of aromatic nitrogens is 3. The summed E-state index contributed by atoms with van der Waals surface area (Å²) in [6, 6.07) is 4.68. The van der Waals surface area contributed by atoms with Gasteiger partial charge in [0.2, 0.25) is 21.1 Å². The van der Waals surface area contributed by atoms with Crippen molar-refractivity contribution in [1.29, 1.82) is 0 Å². The maximum Gasteiger partial charge on any atom is 0.246 e. The number of hydrogen-bond donors (Lipinski definition) is 2. The number of aryl methyl sites for hydroxylation is 1. The summed E-state index contributed by atoms with van der Waals surface area (Å²) in [5.41, 5.74) is 0. The molecule has 0 spiro atoms. The van der Waals surface area contributed by atoms with Gasteiger partial charge in [-0.3, -0.25) is 9.89 Å². The quantitative estimate of drug-likeness (QED) is 0.417. The molecule has 1 aliphatic rings. The van der Waals surface area contributed by atoms with E-state index in [1.54, 1.807) is 12.1 Å². The Labute approximate surface area is 186 Å². The molecule has 1 fully saturated rings. The number of carbonyl (C=O) groups is 1. The van der Waals surface area contributed by atoms with Gasteiger partial charge in [0.05, 0.1) is 14.2 Å². The van der Waals surface area contributed by atoms with Crippen LogP contribution in [0, 0.1) is 12.8 Å². The van der Waals surface area contributed by atoms with E-state index in [0.29, 0.717) is 36.0 Å². The monoisotopic (exact) mass is 469 g/mol. The number of rotatable bonds is 9. The number of aromatic amines is 1. The van der Waals surface area contributed by atoms with Crippen LogP contribution in [-0.4, -0.2) is 73.4 Å². The second-order valence-corrected chi connectivity index (χ2v) is 10.0. The van der Waals surface area contributed by atoms with Crippen molar-refractivity contribution in [2.24, 2.45) is 5.92 Å². The lowest BCUT2D eigenvalue weighted by molar-refractivity contribution is -0.125.